The van der Waals surface area contributed by atoms with Gasteiger partial charge >= 0.3 is 0 Å². The van der Waals surface area contributed by atoms with E-state index >= 15 is 0 Å². The van der Waals surface area contributed by atoms with Crippen LogP contribution in [0, 0.1) is 0 Å². The minimum atomic E-state index is 0.527. The standard InChI is InChI=1S/C17H17Br/c18-17-9-5-4-8-14-10-11-15(12-16(14)17)13-6-2-1-3-7-13/h1-3,6-7,10-12,17H,4-5,8-9H2. The third-order valence-electron chi connectivity index (χ3n) is 3.74. The lowest BCUT2D eigenvalue weighted by atomic mass is 9.96. The van der Waals surface area contributed by atoms with Crippen LogP contribution in [0.25, 0.3) is 11.1 Å². The van der Waals surface area contributed by atoms with Crippen LogP contribution in [0.3, 0.4) is 0 Å². The number of alkyl halides is 1. The van der Waals surface area contributed by atoms with E-state index in [4.69, 9.17) is 0 Å². The Bertz CT molecular complexity index is 531. The van der Waals surface area contributed by atoms with Crippen LogP contribution >= 0.6 is 15.9 Å². The van der Waals surface area contributed by atoms with Crippen molar-refractivity contribution in [3.63, 3.8) is 0 Å². The zero-order valence-corrected chi connectivity index (χ0v) is 12.0. The van der Waals surface area contributed by atoms with Crippen molar-refractivity contribution >= 4 is 15.9 Å². The van der Waals surface area contributed by atoms with E-state index < -0.39 is 0 Å². The molecule has 0 fully saturated rings. The van der Waals surface area contributed by atoms with Gasteiger partial charge in [-0.05, 0) is 47.6 Å². The van der Waals surface area contributed by atoms with E-state index in [0.717, 1.165) is 0 Å². The van der Waals surface area contributed by atoms with Crippen molar-refractivity contribution < 1.29 is 0 Å². The van der Waals surface area contributed by atoms with Gasteiger partial charge in [0.25, 0.3) is 0 Å². The van der Waals surface area contributed by atoms with Crippen LogP contribution in [0.1, 0.15) is 35.2 Å². The Balaban J connectivity index is 2.04. The van der Waals surface area contributed by atoms with Gasteiger partial charge in [-0.1, -0.05) is 64.8 Å². The normalized spacial score (nSPS) is 19.1. The van der Waals surface area contributed by atoms with Gasteiger partial charge in [0.2, 0.25) is 0 Å². The molecule has 92 valence electrons. The topological polar surface area (TPSA) is 0 Å². The van der Waals surface area contributed by atoms with Gasteiger partial charge in [-0.3, -0.25) is 0 Å². The molecule has 0 saturated heterocycles. The predicted molar refractivity (Wildman–Crippen MR) is 81.1 cm³/mol. The molecule has 2 aromatic carbocycles. The molecule has 1 unspecified atom stereocenters. The molecule has 1 atom stereocenters. The molecule has 1 aliphatic carbocycles. The highest BCUT2D eigenvalue weighted by Gasteiger charge is 2.16. The van der Waals surface area contributed by atoms with E-state index in [1.165, 1.54) is 47.9 Å². The van der Waals surface area contributed by atoms with Crippen LogP contribution in [-0.2, 0) is 6.42 Å². The number of halogens is 1. The number of aryl methyl sites for hydroxylation is 1. The summed E-state index contributed by atoms with van der Waals surface area (Å²) in [7, 11) is 0. The van der Waals surface area contributed by atoms with Crippen molar-refractivity contribution in [3.05, 3.63) is 59.7 Å². The molecule has 0 heterocycles. The Morgan fingerprint density at radius 3 is 2.56 bits per heavy atom. The molecule has 0 spiro atoms. The fourth-order valence-corrected chi connectivity index (χ4v) is 3.47. The van der Waals surface area contributed by atoms with Crippen LogP contribution in [0.4, 0.5) is 0 Å². The van der Waals surface area contributed by atoms with E-state index in [1.54, 1.807) is 0 Å². The van der Waals surface area contributed by atoms with Gasteiger partial charge in [0, 0.05) is 4.83 Å². The summed E-state index contributed by atoms with van der Waals surface area (Å²) < 4.78 is 0. The Labute approximate surface area is 117 Å². The molecular formula is C17H17Br. The molecule has 0 aliphatic heterocycles. The van der Waals surface area contributed by atoms with Crippen molar-refractivity contribution in [1.29, 1.82) is 0 Å². The van der Waals surface area contributed by atoms with Gasteiger partial charge in [0.15, 0.2) is 0 Å². The van der Waals surface area contributed by atoms with Crippen LogP contribution in [-0.4, -0.2) is 0 Å². The maximum absolute atomic E-state index is 3.84. The summed E-state index contributed by atoms with van der Waals surface area (Å²) in [5.74, 6) is 0. The maximum atomic E-state index is 3.84. The first-order chi connectivity index (χ1) is 8.84. The summed E-state index contributed by atoms with van der Waals surface area (Å²) in [5, 5.41) is 0. The average molecular weight is 301 g/mol. The van der Waals surface area contributed by atoms with E-state index in [-0.39, 0.29) is 0 Å². The molecule has 0 radical (unpaired) electrons. The number of benzene rings is 2. The van der Waals surface area contributed by atoms with Crippen molar-refractivity contribution in [3.8, 4) is 11.1 Å². The third kappa shape index (κ3) is 2.37. The zero-order valence-electron chi connectivity index (χ0n) is 10.4. The molecule has 0 aromatic heterocycles. The minimum absolute atomic E-state index is 0.527. The number of rotatable bonds is 1. The molecular weight excluding hydrogens is 284 g/mol. The van der Waals surface area contributed by atoms with Gasteiger partial charge in [0.05, 0.1) is 0 Å². The Hall–Kier alpha value is -1.08. The van der Waals surface area contributed by atoms with Crippen LogP contribution in [0.15, 0.2) is 48.5 Å². The summed E-state index contributed by atoms with van der Waals surface area (Å²) in [6.45, 7) is 0. The van der Waals surface area contributed by atoms with E-state index in [0.29, 0.717) is 4.83 Å². The molecule has 0 amide bonds. The number of hydrogen-bond donors (Lipinski definition) is 0. The summed E-state index contributed by atoms with van der Waals surface area (Å²) in [4.78, 5) is 0.527. The molecule has 0 bridgehead atoms. The molecule has 1 aliphatic rings. The Morgan fingerprint density at radius 1 is 0.889 bits per heavy atom. The molecule has 0 N–H and O–H groups in total. The fraction of sp³-hybridized carbons (Fsp3) is 0.294. The second-order valence-electron chi connectivity index (χ2n) is 4.99. The predicted octanol–water partition coefficient (Wildman–Crippen LogP) is 5.52. The van der Waals surface area contributed by atoms with E-state index in [1.807, 2.05) is 0 Å². The first-order valence-corrected chi connectivity index (χ1v) is 7.58. The summed E-state index contributed by atoms with van der Waals surface area (Å²) in [6.07, 6.45) is 5.13. The Kier molecular flexibility index (Phi) is 3.51. The van der Waals surface area contributed by atoms with Gasteiger partial charge in [-0.15, -0.1) is 0 Å². The van der Waals surface area contributed by atoms with Crippen molar-refractivity contribution in [1.82, 2.24) is 0 Å². The SMILES string of the molecule is BrC1CCCCc2ccc(-c3ccccc3)cc21. The van der Waals surface area contributed by atoms with Crippen molar-refractivity contribution in [2.45, 2.75) is 30.5 Å². The molecule has 0 nitrogen and oxygen atoms in total. The third-order valence-corrected chi connectivity index (χ3v) is 4.70. The van der Waals surface area contributed by atoms with Gasteiger partial charge in [0.1, 0.15) is 0 Å². The smallest absolute Gasteiger partial charge is 0.0398 e. The number of fused-ring (bicyclic) bond motifs is 1. The highest BCUT2D eigenvalue weighted by atomic mass is 79.9. The lowest BCUT2D eigenvalue weighted by Crippen LogP contribution is -1.94. The van der Waals surface area contributed by atoms with Gasteiger partial charge in [-0.2, -0.15) is 0 Å². The quantitative estimate of drug-likeness (QED) is 0.481. The van der Waals surface area contributed by atoms with E-state index in [9.17, 15) is 0 Å². The summed E-state index contributed by atoms with van der Waals surface area (Å²) in [6, 6.07) is 17.6. The lowest BCUT2D eigenvalue weighted by molar-refractivity contribution is 0.708. The average Bonchev–Trinajstić information content (AvgIpc) is 2.62. The monoisotopic (exact) mass is 300 g/mol. The molecule has 1 heteroatoms. The summed E-state index contributed by atoms with van der Waals surface area (Å²) in [5.41, 5.74) is 5.66. The number of hydrogen-bond acceptors (Lipinski definition) is 0. The first kappa shape index (κ1) is 12.0. The van der Waals surface area contributed by atoms with Crippen LogP contribution in [0.2, 0.25) is 0 Å². The second kappa shape index (κ2) is 5.27. The van der Waals surface area contributed by atoms with Crippen molar-refractivity contribution in [2.75, 3.05) is 0 Å². The van der Waals surface area contributed by atoms with Gasteiger partial charge < -0.3 is 0 Å². The minimum Gasteiger partial charge on any atom is -0.0839 e. The fourth-order valence-electron chi connectivity index (χ4n) is 2.72. The molecule has 3 rings (SSSR count). The van der Waals surface area contributed by atoms with Crippen LogP contribution in [0.5, 0.6) is 0 Å². The summed E-state index contributed by atoms with van der Waals surface area (Å²) >= 11 is 3.84. The second-order valence-corrected chi connectivity index (χ2v) is 6.10. The largest absolute Gasteiger partial charge is 0.0839 e. The lowest BCUT2D eigenvalue weighted by Gasteiger charge is -2.13. The van der Waals surface area contributed by atoms with E-state index in [2.05, 4.69) is 64.5 Å². The highest BCUT2D eigenvalue weighted by molar-refractivity contribution is 9.09. The van der Waals surface area contributed by atoms with Gasteiger partial charge in [-0.25, -0.2) is 0 Å². The first-order valence-electron chi connectivity index (χ1n) is 6.67. The van der Waals surface area contributed by atoms with Crippen LogP contribution < -0.4 is 0 Å². The zero-order chi connectivity index (χ0) is 12.4. The molecule has 0 saturated carbocycles. The highest BCUT2D eigenvalue weighted by Crippen LogP contribution is 2.37. The Morgan fingerprint density at radius 2 is 1.72 bits per heavy atom. The molecule has 18 heavy (non-hydrogen) atoms. The maximum Gasteiger partial charge on any atom is 0.0398 e. The van der Waals surface area contributed by atoms with Crippen molar-refractivity contribution in [2.24, 2.45) is 0 Å². The molecule has 2 aromatic rings.